The van der Waals surface area contributed by atoms with Gasteiger partial charge >= 0.3 is 6.03 Å². The van der Waals surface area contributed by atoms with Gasteiger partial charge in [0.25, 0.3) is 5.91 Å². The summed E-state index contributed by atoms with van der Waals surface area (Å²) in [7, 11) is 0. The number of carbonyl (C=O) groups is 3. The summed E-state index contributed by atoms with van der Waals surface area (Å²) in [5.41, 5.74) is 7.10. The van der Waals surface area contributed by atoms with Crippen molar-refractivity contribution in [1.82, 2.24) is 0 Å². The number of hydrogen-bond acceptors (Lipinski definition) is 3. The Hall–Kier alpha value is -3.93. The van der Waals surface area contributed by atoms with E-state index in [1.54, 1.807) is 72.8 Å². The maximum atomic E-state index is 12.8. The molecule has 27 heavy (non-hydrogen) atoms. The van der Waals surface area contributed by atoms with Crippen LogP contribution in [0, 0.1) is 0 Å². The SMILES string of the molecule is NC(=O)Nc1cccc(NC(=O)c2ccccc2C(=O)c2ccccc2)c1. The highest BCUT2D eigenvalue weighted by Crippen LogP contribution is 2.19. The molecule has 0 aliphatic carbocycles. The van der Waals surface area contributed by atoms with Crippen LogP contribution in [0.15, 0.2) is 78.9 Å². The molecule has 0 atom stereocenters. The first kappa shape index (κ1) is 17.9. The predicted molar refractivity (Wildman–Crippen MR) is 104 cm³/mol. The smallest absolute Gasteiger partial charge is 0.316 e. The summed E-state index contributed by atoms with van der Waals surface area (Å²) in [6, 6.07) is 21.3. The summed E-state index contributed by atoms with van der Waals surface area (Å²) in [6.07, 6.45) is 0. The average Bonchev–Trinajstić information content (AvgIpc) is 2.68. The molecule has 0 aromatic heterocycles. The van der Waals surface area contributed by atoms with Gasteiger partial charge in [-0.2, -0.15) is 0 Å². The average molecular weight is 359 g/mol. The number of ketones is 1. The molecule has 3 aromatic rings. The molecule has 3 amide bonds. The van der Waals surface area contributed by atoms with Gasteiger partial charge in [0.2, 0.25) is 0 Å². The molecular formula is C21H17N3O3. The van der Waals surface area contributed by atoms with E-state index < -0.39 is 11.9 Å². The lowest BCUT2D eigenvalue weighted by Crippen LogP contribution is -2.20. The third kappa shape index (κ3) is 4.38. The van der Waals surface area contributed by atoms with Crippen molar-refractivity contribution in [1.29, 1.82) is 0 Å². The molecule has 0 spiro atoms. The van der Waals surface area contributed by atoms with Crippen molar-refractivity contribution in [3.63, 3.8) is 0 Å². The first-order valence-corrected chi connectivity index (χ1v) is 8.21. The number of nitrogens with two attached hydrogens (primary N) is 1. The van der Waals surface area contributed by atoms with E-state index in [0.717, 1.165) is 0 Å². The fourth-order valence-electron chi connectivity index (χ4n) is 2.64. The number of rotatable bonds is 5. The quantitative estimate of drug-likeness (QED) is 0.606. The van der Waals surface area contributed by atoms with Crippen LogP contribution >= 0.6 is 0 Å². The molecule has 0 fully saturated rings. The Morgan fingerprint density at radius 1 is 0.667 bits per heavy atom. The van der Waals surface area contributed by atoms with Crippen LogP contribution in [-0.2, 0) is 0 Å². The van der Waals surface area contributed by atoms with Crippen molar-refractivity contribution in [3.8, 4) is 0 Å². The number of nitrogens with one attached hydrogen (secondary N) is 2. The third-order valence-electron chi connectivity index (χ3n) is 3.84. The van der Waals surface area contributed by atoms with Crippen molar-refractivity contribution >= 4 is 29.1 Å². The summed E-state index contributed by atoms with van der Waals surface area (Å²) in [5.74, 6) is -0.656. The van der Waals surface area contributed by atoms with E-state index in [4.69, 9.17) is 5.73 Å². The molecule has 3 aromatic carbocycles. The molecule has 0 bridgehead atoms. The van der Waals surface area contributed by atoms with Gasteiger partial charge in [-0.3, -0.25) is 9.59 Å². The summed E-state index contributed by atoms with van der Waals surface area (Å²) < 4.78 is 0. The fourth-order valence-corrected chi connectivity index (χ4v) is 2.64. The second-order valence-electron chi connectivity index (χ2n) is 5.76. The van der Waals surface area contributed by atoms with Gasteiger partial charge in [-0.05, 0) is 24.3 Å². The number of hydrogen-bond donors (Lipinski definition) is 3. The van der Waals surface area contributed by atoms with Gasteiger partial charge < -0.3 is 16.4 Å². The summed E-state index contributed by atoms with van der Waals surface area (Å²) in [5, 5.41) is 5.18. The van der Waals surface area contributed by atoms with Crippen LogP contribution in [0.25, 0.3) is 0 Å². The summed E-state index contributed by atoms with van der Waals surface area (Å²) in [6.45, 7) is 0. The molecule has 4 N–H and O–H groups in total. The minimum atomic E-state index is -0.697. The zero-order valence-electron chi connectivity index (χ0n) is 14.3. The van der Waals surface area contributed by atoms with E-state index in [1.165, 1.54) is 0 Å². The first-order valence-electron chi connectivity index (χ1n) is 8.21. The van der Waals surface area contributed by atoms with E-state index in [2.05, 4.69) is 10.6 Å². The number of amides is 3. The van der Waals surface area contributed by atoms with Gasteiger partial charge in [-0.1, -0.05) is 54.6 Å². The molecule has 6 nitrogen and oxygen atoms in total. The molecule has 3 rings (SSSR count). The van der Waals surface area contributed by atoms with Crippen LogP contribution in [0.1, 0.15) is 26.3 Å². The molecule has 0 saturated heterocycles. The number of benzene rings is 3. The topological polar surface area (TPSA) is 101 Å². The normalized spacial score (nSPS) is 10.1. The summed E-state index contributed by atoms with van der Waals surface area (Å²) >= 11 is 0. The number of urea groups is 1. The summed E-state index contributed by atoms with van der Waals surface area (Å²) in [4.78, 5) is 36.5. The minimum Gasteiger partial charge on any atom is -0.351 e. The van der Waals surface area contributed by atoms with Crippen LogP contribution in [-0.4, -0.2) is 17.7 Å². The molecule has 0 radical (unpaired) electrons. The van der Waals surface area contributed by atoms with Crippen molar-refractivity contribution in [3.05, 3.63) is 95.6 Å². The first-order chi connectivity index (χ1) is 13.0. The zero-order chi connectivity index (χ0) is 19.2. The fraction of sp³-hybridized carbons (Fsp3) is 0. The van der Waals surface area contributed by atoms with E-state index in [0.29, 0.717) is 22.5 Å². The molecule has 0 unspecified atom stereocenters. The van der Waals surface area contributed by atoms with Gasteiger partial charge in [0.15, 0.2) is 5.78 Å². The highest BCUT2D eigenvalue weighted by molar-refractivity contribution is 6.17. The van der Waals surface area contributed by atoms with Crippen LogP contribution in [0.2, 0.25) is 0 Å². The van der Waals surface area contributed by atoms with Gasteiger partial charge in [0.05, 0.1) is 5.56 Å². The number of carbonyl (C=O) groups excluding carboxylic acids is 3. The number of anilines is 2. The van der Waals surface area contributed by atoms with Crippen molar-refractivity contribution in [2.24, 2.45) is 5.73 Å². The standard InChI is InChI=1S/C21H17N3O3/c22-21(27)24-16-10-6-9-15(13-16)23-20(26)18-12-5-4-11-17(18)19(25)14-7-2-1-3-8-14/h1-13H,(H,23,26)(H3,22,24,27). The zero-order valence-corrected chi connectivity index (χ0v) is 14.3. The Kier molecular flexibility index (Phi) is 5.28. The van der Waals surface area contributed by atoms with Gasteiger partial charge in [-0.25, -0.2) is 4.79 Å². The molecule has 0 saturated carbocycles. The Labute approximate surface area is 156 Å². The highest BCUT2D eigenvalue weighted by atomic mass is 16.2. The Morgan fingerprint density at radius 3 is 1.93 bits per heavy atom. The van der Waals surface area contributed by atoms with Gasteiger partial charge in [0, 0.05) is 22.5 Å². The lowest BCUT2D eigenvalue weighted by atomic mass is 9.98. The van der Waals surface area contributed by atoms with E-state index in [1.807, 2.05) is 6.07 Å². The molecule has 0 aliphatic rings. The maximum absolute atomic E-state index is 12.8. The molecule has 0 heterocycles. The van der Waals surface area contributed by atoms with E-state index in [-0.39, 0.29) is 11.3 Å². The van der Waals surface area contributed by atoms with Crippen LogP contribution < -0.4 is 16.4 Å². The monoisotopic (exact) mass is 359 g/mol. The highest BCUT2D eigenvalue weighted by Gasteiger charge is 2.18. The van der Waals surface area contributed by atoms with Gasteiger partial charge in [-0.15, -0.1) is 0 Å². The molecule has 0 aliphatic heterocycles. The maximum Gasteiger partial charge on any atom is 0.316 e. The van der Waals surface area contributed by atoms with Gasteiger partial charge in [0.1, 0.15) is 0 Å². The van der Waals surface area contributed by atoms with Crippen molar-refractivity contribution in [2.75, 3.05) is 10.6 Å². The van der Waals surface area contributed by atoms with Crippen molar-refractivity contribution < 1.29 is 14.4 Å². The third-order valence-corrected chi connectivity index (χ3v) is 3.84. The minimum absolute atomic E-state index is 0.231. The second kappa shape index (κ2) is 7.97. The molecular weight excluding hydrogens is 342 g/mol. The molecule has 134 valence electrons. The largest absolute Gasteiger partial charge is 0.351 e. The predicted octanol–water partition coefficient (Wildman–Crippen LogP) is 3.66. The van der Waals surface area contributed by atoms with Crippen LogP contribution in [0.4, 0.5) is 16.2 Å². The lowest BCUT2D eigenvalue weighted by molar-refractivity contribution is 0.0996. The van der Waals surface area contributed by atoms with E-state index >= 15 is 0 Å². The lowest BCUT2D eigenvalue weighted by Gasteiger charge is -2.11. The molecule has 6 heteroatoms. The van der Waals surface area contributed by atoms with Crippen molar-refractivity contribution in [2.45, 2.75) is 0 Å². The Bertz CT molecular complexity index is 1000. The van der Waals surface area contributed by atoms with Crippen LogP contribution in [0.3, 0.4) is 0 Å². The Balaban J connectivity index is 1.86. The Morgan fingerprint density at radius 2 is 1.26 bits per heavy atom. The van der Waals surface area contributed by atoms with Crippen LogP contribution in [0.5, 0.6) is 0 Å². The number of primary amides is 1. The second-order valence-corrected chi connectivity index (χ2v) is 5.76. The van der Waals surface area contributed by atoms with E-state index in [9.17, 15) is 14.4 Å².